The van der Waals surface area contributed by atoms with Crippen LogP contribution in [0.3, 0.4) is 0 Å². The van der Waals surface area contributed by atoms with Crippen molar-refractivity contribution >= 4 is 44.9 Å². The largest absolute Gasteiger partial charge is 0.497 e. The van der Waals surface area contributed by atoms with E-state index in [2.05, 4.69) is 25.3 Å². The number of carbonyl (C=O) groups is 4. The number of unbranched alkanes of at least 4 members (excludes halogenated alkanes) is 2. The van der Waals surface area contributed by atoms with Crippen molar-refractivity contribution < 1.29 is 41.8 Å². The van der Waals surface area contributed by atoms with Gasteiger partial charge in [-0.15, -0.1) is 0 Å². The Morgan fingerprint density at radius 2 is 1.89 bits per heavy atom. The molecule has 0 radical (unpaired) electrons. The molecule has 54 heavy (non-hydrogen) atoms. The summed E-state index contributed by atoms with van der Waals surface area (Å²) in [4.78, 5) is 66.2. The summed E-state index contributed by atoms with van der Waals surface area (Å²) in [6.45, 7) is 5.59. The number of alkyl carbamates (subject to hydrolysis) is 1. The van der Waals surface area contributed by atoms with Crippen LogP contribution in [0, 0.1) is 12.8 Å². The van der Waals surface area contributed by atoms with Gasteiger partial charge in [0.2, 0.25) is 27.7 Å². The number of rotatable bonds is 11. The highest BCUT2D eigenvalue weighted by atomic mass is 32.2. The Morgan fingerprint density at radius 3 is 2.63 bits per heavy atom. The fourth-order valence-electron chi connectivity index (χ4n) is 7.15. The molecule has 3 heterocycles. The van der Waals surface area contributed by atoms with Gasteiger partial charge in [-0.25, -0.2) is 23.2 Å². The highest BCUT2D eigenvalue weighted by molar-refractivity contribution is 7.91. The molecular weight excluding hydrogens is 717 g/mol. The molecule has 2 saturated carbocycles. The number of benzene rings is 1. The van der Waals surface area contributed by atoms with Crippen LogP contribution < -0.4 is 24.8 Å². The van der Waals surface area contributed by atoms with Gasteiger partial charge in [0.25, 0.3) is 5.91 Å². The van der Waals surface area contributed by atoms with Crippen molar-refractivity contribution in [2.24, 2.45) is 5.92 Å². The van der Waals surface area contributed by atoms with E-state index in [0.29, 0.717) is 61.0 Å². The Labute approximate surface area is 316 Å². The summed E-state index contributed by atoms with van der Waals surface area (Å²) >= 11 is 0. The number of aryl methyl sites for hydroxylation is 1. The van der Waals surface area contributed by atoms with E-state index in [4.69, 9.17) is 14.2 Å². The van der Waals surface area contributed by atoms with E-state index in [1.807, 2.05) is 19.1 Å². The first-order chi connectivity index (χ1) is 25.8. The van der Waals surface area contributed by atoms with Gasteiger partial charge in [0.1, 0.15) is 35.2 Å². The zero-order valence-corrected chi connectivity index (χ0v) is 32.3. The van der Waals surface area contributed by atoms with E-state index in [9.17, 15) is 27.6 Å². The molecule has 294 valence electrons. The highest BCUT2D eigenvalue weighted by Crippen LogP contribution is 2.47. The predicted molar refractivity (Wildman–Crippen MR) is 199 cm³/mol. The maximum absolute atomic E-state index is 14.5. The Balaban J connectivity index is 1.29. The molecule has 5 atom stereocenters. The molecule has 0 spiro atoms. The first-order valence-electron chi connectivity index (χ1n) is 19.1. The lowest BCUT2D eigenvalue weighted by atomic mass is 10.1. The van der Waals surface area contributed by atoms with Crippen molar-refractivity contribution in [1.29, 1.82) is 0 Å². The van der Waals surface area contributed by atoms with E-state index in [1.165, 1.54) is 4.90 Å². The molecule has 2 aliphatic heterocycles. The molecule has 3 fully saturated rings. The van der Waals surface area contributed by atoms with Gasteiger partial charge in [-0.2, -0.15) is 0 Å². The van der Waals surface area contributed by atoms with Crippen molar-refractivity contribution in [2.45, 2.75) is 126 Å². The molecule has 2 aromatic rings. The second-order valence-corrected chi connectivity index (χ2v) is 17.4. The van der Waals surface area contributed by atoms with Gasteiger partial charge in [0.05, 0.1) is 36.0 Å². The molecule has 15 nitrogen and oxygen atoms in total. The van der Waals surface area contributed by atoms with Crippen molar-refractivity contribution in [3.05, 3.63) is 36.0 Å². The monoisotopic (exact) mass is 768 g/mol. The second kappa shape index (κ2) is 16.1. The maximum atomic E-state index is 14.5. The number of carbonyl (C=O) groups excluding carboxylic acids is 4. The molecule has 4 aliphatic rings. The van der Waals surface area contributed by atoms with E-state index >= 15 is 0 Å². The molecule has 6 rings (SSSR count). The summed E-state index contributed by atoms with van der Waals surface area (Å²) in [5.41, 5.74) is 0.166. The number of amides is 4. The molecule has 3 N–H and O–H groups in total. The zero-order chi connectivity index (χ0) is 38.7. The summed E-state index contributed by atoms with van der Waals surface area (Å²) < 4.78 is 44.6. The van der Waals surface area contributed by atoms with Crippen LogP contribution in [-0.4, -0.2) is 95.8 Å². The van der Waals surface area contributed by atoms with Crippen molar-refractivity contribution in [2.75, 3.05) is 20.3 Å². The van der Waals surface area contributed by atoms with Gasteiger partial charge in [-0.1, -0.05) is 44.8 Å². The van der Waals surface area contributed by atoms with Crippen LogP contribution in [0.2, 0.25) is 0 Å². The Bertz CT molecular complexity index is 1900. The van der Waals surface area contributed by atoms with Crippen LogP contribution in [0.25, 0.3) is 11.0 Å². The van der Waals surface area contributed by atoms with Gasteiger partial charge in [-0.05, 0) is 70.9 Å². The third-order valence-electron chi connectivity index (χ3n) is 11.0. The number of methoxy groups -OCH3 is 1. The first kappa shape index (κ1) is 39.2. The number of allylic oxidation sites excluding steroid dienone is 1. The summed E-state index contributed by atoms with van der Waals surface area (Å²) in [5, 5.41) is 5.64. The minimum Gasteiger partial charge on any atom is -0.497 e. The summed E-state index contributed by atoms with van der Waals surface area (Å²) in [7, 11) is -2.43. The normalized spacial score (nSPS) is 27.3. The molecule has 0 unspecified atom stereocenters. The predicted octanol–water partition coefficient (Wildman–Crippen LogP) is 3.97. The number of nitrogens with one attached hydrogen (secondary N) is 3. The van der Waals surface area contributed by atoms with Gasteiger partial charge in [-0.3, -0.25) is 19.1 Å². The third-order valence-corrected chi connectivity index (χ3v) is 13.2. The van der Waals surface area contributed by atoms with Crippen LogP contribution in [0.15, 0.2) is 30.4 Å². The number of aromatic nitrogens is 2. The zero-order valence-electron chi connectivity index (χ0n) is 31.5. The molecular formula is C38H52N6O9S. The van der Waals surface area contributed by atoms with E-state index < -0.39 is 68.2 Å². The first-order valence-corrected chi connectivity index (χ1v) is 20.6. The minimum absolute atomic E-state index is 0.0207. The quantitative estimate of drug-likeness (QED) is 0.221. The Hall–Kier alpha value is -4.47. The topological polar surface area (TPSA) is 195 Å². The fourth-order valence-corrected chi connectivity index (χ4v) is 8.46. The highest BCUT2D eigenvalue weighted by Gasteiger charge is 2.63. The lowest BCUT2D eigenvalue weighted by molar-refractivity contribution is -0.141. The summed E-state index contributed by atoms with van der Waals surface area (Å²) in [6.07, 6.45) is 9.29. The van der Waals surface area contributed by atoms with Gasteiger partial charge in [0, 0.05) is 18.4 Å². The Kier molecular flexibility index (Phi) is 11.7. The van der Waals surface area contributed by atoms with Crippen LogP contribution in [0.5, 0.6) is 11.6 Å². The number of sulfonamides is 1. The molecule has 1 saturated heterocycles. The molecule has 1 aromatic carbocycles. The van der Waals surface area contributed by atoms with Gasteiger partial charge in [0.15, 0.2) is 0 Å². The second-order valence-electron chi connectivity index (χ2n) is 15.2. The number of fused-ring (bicyclic) bond motifs is 3. The van der Waals surface area contributed by atoms with Crippen LogP contribution in [-0.2, 0) is 29.1 Å². The van der Waals surface area contributed by atoms with Gasteiger partial charge < -0.3 is 29.7 Å². The maximum Gasteiger partial charge on any atom is 0.407 e. The van der Waals surface area contributed by atoms with Crippen molar-refractivity contribution in [3.63, 3.8) is 0 Å². The number of hydrogen-bond acceptors (Lipinski definition) is 11. The molecule has 16 heteroatoms. The Morgan fingerprint density at radius 1 is 1.09 bits per heavy atom. The molecule has 2 aliphatic carbocycles. The standard InChI is InChI=1S/C38H52N6O9S/c1-5-6-12-19-52-36(48)41-29-14-11-9-7-8-10-13-25-22-38(25,35(47)43-54(49,50)37(3)17-18-37)42-32(45)31-21-27(23-44(31)34(29)46)53-33-24(2)39-28-16-15-26(51-4)20-30(28)40-33/h10,13,15-16,20,25,27,29,31H,5-9,11-12,14,17-19,21-23H2,1-4H3,(H,41,48)(H,42,45)(H,43,47)/b13-10-/t25-,27-,29+,31+,38-/m1/s1. The average molecular weight is 769 g/mol. The fraction of sp³-hybridized carbons (Fsp3) is 0.632. The average Bonchev–Trinajstić information content (AvgIpc) is 4.02. The smallest absolute Gasteiger partial charge is 0.407 e. The molecule has 1 aromatic heterocycles. The minimum atomic E-state index is -3.99. The van der Waals surface area contributed by atoms with Crippen molar-refractivity contribution in [3.8, 4) is 11.6 Å². The summed E-state index contributed by atoms with van der Waals surface area (Å²) in [5.74, 6) is -1.53. The van der Waals surface area contributed by atoms with Crippen molar-refractivity contribution in [1.82, 2.24) is 30.2 Å². The lowest BCUT2D eigenvalue weighted by Gasteiger charge is -2.29. The molecule has 0 bridgehead atoms. The SMILES string of the molecule is CCCCCOC(=O)N[C@H]1CCCCC/C=C\[C@@H]2C[C@@]2(C(=O)NS(=O)(=O)C2(C)CC2)NC(=O)[C@@H]2C[C@@H](Oc3nc4cc(OC)ccc4nc3C)CN2C1=O. The third kappa shape index (κ3) is 8.58. The summed E-state index contributed by atoms with van der Waals surface area (Å²) in [6, 6.07) is 3.21. The van der Waals surface area contributed by atoms with E-state index in [-0.39, 0.29) is 31.9 Å². The number of ether oxygens (including phenoxy) is 3. The molecule has 4 amide bonds. The number of nitrogens with zero attached hydrogens (tertiary/aromatic N) is 3. The van der Waals surface area contributed by atoms with E-state index in [0.717, 1.165) is 25.7 Å². The van der Waals surface area contributed by atoms with Crippen LogP contribution in [0.1, 0.15) is 96.6 Å². The van der Waals surface area contributed by atoms with E-state index in [1.54, 1.807) is 39.2 Å². The van der Waals surface area contributed by atoms with Gasteiger partial charge >= 0.3 is 6.09 Å². The number of hydrogen-bond donors (Lipinski definition) is 3. The van der Waals surface area contributed by atoms with Crippen LogP contribution in [0.4, 0.5) is 4.79 Å². The lowest BCUT2D eigenvalue weighted by Crippen LogP contribution is -2.58. The van der Waals surface area contributed by atoms with Crippen LogP contribution >= 0.6 is 0 Å².